The summed E-state index contributed by atoms with van der Waals surface area (Å²) in [4.78, 5) is 0. The second kappa shape index (κ2) is 3.34. The van der Waals surface area contributed by atoms with E-state index in [-0.39, 0.29) is 11.9 Å². The maximum Gasteiger partial charge on any atom is 0.126 e. The largest absolute Gasteiger partial charge is 0.493 e. The summed E-state index contributed by atoms with van der Waals surface area (Å²) in [7, 11) is 0. The van der Waals surface area contributed by atoms with Gasteiger partial charge in [-0.25, -0.2) is 4.39 Å². The van der Waals surface area contributed by atoms with E-state index in [9.17, 15) is 4.39 Å². The van der Waals surface area contributed by atoms with Gasteiger partial charge >= 0.3 is 0 Å². The molecule has 1 aromatic carbocycles. The molecule has 1 aliphatic rings. The van der Waals surface area contributed by atoms with E-state index in [0.29, 0.717) is 12.4 Å². The molecule has 3 heteroatoms. The normalized spacial score (nSPS) is 21.5. The van der Waals surface area contributed by atoms with Crippen LogP contribution in [0.1, 0.15) is 24.4 Å². The van der Waals surface area contributed by atoms with Crippen LogP contribution in [0.25, 0.3) is 0 Å². The Morgan fingerprint density at radius 2 is 2.31 bits per heavy atom. The molecular formula is C10H12FNO. The lowest BCUT2D eigenvalue weighted by atomic mass is 10.0. The minimum Gasteiger partial charge on any atom is -0.493 e. The molecule has 0 amide bonds. The number of benzene rings is 1. The monoisotopic (exact) mass is 181 g/mol. The summed E-state index contributed by atoms with van der Waals surface area (Å²) in [5, 5.41) is 0. The van der Waals surface area contributed by atoms with Gasteiger partial charge in [0.25, 0.3) is 0 Å². The Kier molecular flexibility index (Phi) is 2.19. The number of hydrogen-bond acceptors (Lipinski definition) is 2. The smallest absolute Gasteiger partial charge is 0.126 e. The van der Waals surface area contributed by atoms with Crippen LogP contribution in [0.5, 0.6) is 5.75 Å². The highest BCUT2D eigenvalue weighted by Gasteiger charge is 2.16. The van der Waals surface area contributed by atoms with Crippen molar-refractivity contribution in [3.05, 3.63) is 29.6 Å². The van der Waals surface area contributed by atoms with Crippen LogP contribution in [0.15, 0.2) is 18.2 Å². The molecular weight excluding hydrogens is 169 g/mol. The molecule has 0 aliphatic carbocycles. The number of halogens is 1. The zero-order chi connectivity index (χ0) is 9.26. The molecule has 2 nitrogen and oxygen atoms in total. The van der Waals surface area contributed by atoms with E-state index in [0.717, 1.165) is 18.4 Å². The van der Waals surface area contributed by atoms with Gasteiger partial charge in [-0.3, -0.25) is 0 Å². The summed E-state index contributed by atoms with van der Waals surface area (Å²) in [5.41, 5.74) is 6.81. The van der Waals surface area contributed by atoms with Gasteiger partial charge in [-0.15, -0.1) is 0 Å². The molecule has 0 bridgehead atoms. The summed E-state index contributed by atoms with van der Waals surface area (Å²) < 4.78 is 18.2. The van der Waals surface area contributed by atoms with Crippen molar-refractivity contribution in [2.75, 3.05) is 6.61 Å². The van der Waals surface area contributed by atoms with E-state index in [2.05, 4.69) is 0 Å². The predicted octanol–water partition coefficient (Wildman–Crippen LogP) is 2.00. The molecule has 1 aromatic rings. The molecule has 1 aliphatic heterocycles. The molecule has 1 atom stereocenters. The van der Waals surface area contributed by atoms with Crippen molar-refractivity contribution in [2.24, 2.45) is 5.73 Å². The highest BCUT2D eigenvalue weighted by molar-refractivity contribution is 5.36. The highest BCUT2D eigenvalue weighted by atomic mass is 19.1. The Morgan fingerprint density at radius 1 is 1.46 bits per heavy atom. The predicted molar refractivity (Wildman–Crippen MR) is 48.1 cm³/mol. The third-order valence-corrected chi connectivity index (χ3v) is 2.29. The number of rotatable bonds is 0. The van der Waals surface area contributed by atoms with Crippen molar-refractivity contribution >= 4 is 0 Å². The van der Waals surface area contributed by atoms with Crippen LogP contribution in [-0.4, -0.2) is 6.61 Å². The lowest BCUT2D eigenvalue weighted by molar-refractivity contribution is 0.314. The molecule has 0 spiro atoms. The third-order valence-electron chi connectivity index (χ3n) is 2.29. The molecule has 0 saturated carbocycles. The Balaban J connectivity index is 2.42. The van der Waals surface area contributed by atoms with E-state index in [1.54, 1.807) is 6.07 Å². The van der Waals surface area contributed by atoms with Gasteiger partial charge < -0.3 is 10.5 Å². The van der Waals surface area contributed by atoms with Crippen molar-refractivity contribution in [1.82, 2.24) is 0 Å². The molecule has 0 radical (unpaired) electrons. The molecule has 0 aromatic heterocycles. The average Bonchev–Trinajstić information content (AvgIpc) is 2.28. The molecule has 70 valence electrons. The second-order valence-electron chi connectivity index (χ2n) is 3.28. The third kappa shape index (κ3) is 1.65. The van der Waals surface area contributed by atoms with Gasteiger partial charge in [0.15, 0.2) is 0 Å². The first-order chi connectivity index (χ1) is 6.27. The summed E-state index contributed by atoms with van der Waals surface area (Å²) in [6.45, 7) is 0.629. The zero-order valence-electron chi connectivity index (χ0n) is 7.29. The van der Waals surface area contributed by atoms with E-state index in [1.807, 2.05) is 0 Å². The van der Waals surface area contributed by atoms with Gasteiger partial charge in [-0.2, -0.15) is 0 Å². The molecule has 13 heavy (non-hydrogen) atoms. The van der Waals surface area contributed by atoms with Crippen LogP contribution in [0.4, 0.5) is 4.39 Å². The fraction of sp³-hybridized carbons (Fsp3) is 0.400. The Labute approximate surface area is 76.5 Å². The number of hydrogen-bond donors (Lipinski definition) is 1. The minimum atomic E-state index is -0.271. The van der Waals surface area contributed by atoms with Crippen LogP contribution >= 0.6 is 0 Å². The Morgan fingerprint density at radius 3 is 3.15 bits per heavy atom. The standard InChI is InChI=1S/C10H12FNO/c11-7-3-4-8-9(12)2-1-5-13-10(8)6-7/h3-4,6,9H,1-2,5,12H2/t9-/m1/s1. The molecule has 2 rings (SSSR count). The zero-order valence-corrected chi connectivity index (χ0v) is 7.29. The fourth-order valence-electron chi connectivity index (χ4n) is 1.58. The molecule has 0 fully saturated rings. The van der Waals surface area contributed by atoms with E-state index < -0.39 is 0 Å². The number of ether oxygens (including phenoxy) is 1. The van der Waals surface area contributed by atoms with Crippen LogP contribution < -0.4 is 10.5 Å². The van der Waals surface area contributed by atoms with Crippen LogP contribution in [0.3, 0.4) is 0 Å². The maximum atomic E-state index is 12.8. The quantitative estimate of drug-likeness (QED) is 0.664. The summed E-state index contributed by atoms with van der Waals surface area (Å²) in [6, 6.07) is 4.52. The van der Waals surface area contributed by atoms with Gasteiger partial charge in [0.2, 0.25) is 0 Å². The SMILES string of the molecule is N[C@@H]1CCCOc2cc(F)ccc21. The summed E-state index contributed by atoms with van der Waals surface area (Å²) in [5.74, 6) is 0.331. The van der Waals surface area contributed by atoms with Crippen molar-refractivity contribution < 1.29 is 9.13 Å². The van der Waals surface area contributed by atoms with Gasteiger partial charge in [0.1, 0.15) is 11.6 Å². The first kappa shape index (κ1) is 8.51. The first-order valence-electron chi connectivity index (χ1n) is 4.45. The molecule has 0 saturated heterocycles. The van der Waals surface area contributed by atoms with Crippen molar-refractivity contribution in [3.8, 4) is 5.75 Å². The maximum absolute atomic E-state index is 12.8. The topological polar surface area (TPSA) is 35.2 Å². The average molecular weight is 181 g/mol. The fourth-order valence-corrected chi connectivity index (χ4v) is 1.58. The minimum absolute atomic E-state index is 0.0156. The lowest BCUT2D eigenvalue weighted by Crippen LogP contribution is -2.08. The van der Waals surface area contributed by atoms with Crippen molar-refractivity contribution in [3.63, 3.8) is 0 Å². The number of nitrogens with two attached hydrogens (primary N) is 1. The highest BCUT2D eigenvalue weighted by Crippen LogP contribution is 2.30. The van der Waals surface area contributed by atoms with E-state index in [1.165, 1.54) is 12.1 Å². The first-order valence-corrected chi connectivity index (χ1v) is 4.45. The van der Waals surface area contributed by atoms with Gasteiger partial charge in [0, 0.05) is 17.7 Å². The van der Waals surface area contributed by atoms with E-state index >= 15 is 0 Å². The van der Waals surface area contributed by atoms with E-state index in [4.69, 9.17) is 10.5 Å². The molecule has 1 heterocycles. The van der Waals surface area contributed by atoms with Gasteiger partial charge in [0.05, 0.1) is 6.61 Å². The summed E-state index contributed by atoms with van der Waals surface area (Å²) >= 11 is 0. The summed E-state index contributed by atoms with van der Waals surface area (Å²) in [6.07, 6.45) is 1.83. The Hall–Kier alpha value is -1.09. The van der Waals surface area contributed by atoms with Crippen LogP contribution in [0, 0.1) is 5.82 Å². The Bertz CT molecular complexity index is 314. The second-order valence-corrected chi connectivity index (χ2v) is 3.28. The molecule has 0 unspecified atom stereocenters. The lowest BCUT2D eigenvalue weighted by Gasteiger charge is -2.10. The van der Waals surface area contributed by atoms with Crippen LogP contribution in [0.2, 0.25) is 0 Å². The van der Waals surface area contributed by atoms with Gasteiger partial charge in [-0.1, -0.05) is 6.07 Å². The van der Waals surface area contributed by atoms with Crippen LogP contribution in [-0.2, 0) is 0 Å². The van der Waals surface area contributed by atoms with Gasteiger partial charge in [-0.05, 0) is 18.9 Å². The van der Waals surface area contributed by atoms with Crippen molar-refractivity contribution in [1.29, 1.82) is 0 Å². The number of fused-ring (bicyclic) bond motifs is 1. The van der Waals surface area contributed by atoms with Crippen molar-refractivity contribution in [2.45, 2.75) is 18.9 Å². The molecule has 2 N–H and O–H groups in total.